The van der Waals surface area contributed by atoms with Crippen LogP contribution >= 0.6 is 0 Å². The van der Waals surface area contributed by atoms with Crippen LogP contribution in [0.1, 0.15) is 11.4 Å². The molecular formula is C15H21N5O2. The number of aryl methyl sites for hydroxylation is 1. The molecule has 2 N–H and O–H groups in total. The van der Waals surface area contributed by atoms with E-state index >= 15 is 0 Å². The van der Waals surface area contributed by atoms with Gasteiger partial charge in [-0.1, -0.05) is 24.3 Å². The molecule has 1 heterocycles. The van der Waals surface area contributed by atoms with Gasteiger partial charge in [-0.2, -0.15) is 0 Å². The Morgan fingerprint density at radius 3 is 2.14 bits per heavy atom. The number of nitrogens with two attached hydrogens (primary N) is 1. The van der Waals surface area contributed by atoms with Crippen LogP contribution in [0.4, 0.5) is 0 Å². The summed E-state index contributed by atoms with van der Waals surface area (Å²) in [5.41, 5.74) is 7.42. The maximum absolute atomic E-state index is 5.50. The van der Waals surface area contributed by atoms with E-state index in [-0.39, 0.29) is 0 Å². The van der Waals surface area contributed by atoms with Gasteiger partial charge in [-0.15, -0.1) is 20.4 Å². The summed E-state index contributed by atoms with van der Waals surface area (Å²) >= 11 is 0. The molecule has 0 unspecified atom stereocenters. The van der Waals surface area contributed by atoms with Gasteiger partial charge in [0.05, 0.1) is 26.4 Å². The van der Waals surface area contributed by atoms with E-state index in [0.29, 0.717) is 44.6 Å². The van der Waals surface area contributed by atoms with Crippen molar-refractivity contribution in [1.82, 2.24) is 20.4 Å². The second-order valence-electron chi connectivity index (χ2n) is 4.73. The van der Waals surface area contributed by atoms with E-state index < -0.39 is 0 Å². The number of rotatable bonds is 9. The predicted molar refractivity (Wildman–Crippen MR) is 82.2 cm³/mol. The zero-order chi connectivity index (χ0) is 15.6. The first-order valence-electron chi connectivity index (χ1n) is 7.28. The van der Waals surface area contributed by atoms with Crippen LogP contribution in [0, 0.1) is 6.92 Å². The summed E-state index contributed by atoms with van der Waals surface area (Å²) in [6.45, 7) is 4.72. The van der Waals surface area contributed by atoms with Crippen molar-refractivity contribution < 1.29 is 9.47 Å². The molecule has 0 spiro atoms. The van der Waals surface area contributed by atoms with Gasteiger partial charge in [-0.05, 0) is 18.9 Å². The van der Waals surface area contributed by atoms with Gasteiger partial charge in [-0.25, -0.2) is 0 Å². The third kappa shape index (κ3) is 5.44. The standard InChI is InChI=1S/C15H21N5O2/c1-12-17-19-15(20-18-12)14-4-2-13(3-5-14)6-8-21-10-11-22-9-7-16/h2-5H,6-11,16H2,1H3. The van der Waals surface area contributed by atoms with Crippen molar-refractivity contribution in [3.05, 3.63) is 35.7 Å². The minimum absolute atomic E-state index is 0.533. The van der Waals surface area contributed by atoms with E-state index in [4.69, 9.17) is 15.2 Å². The Labute approximate surface area is 129 Å². The van der Waals surface area contributed by atoms with E-state index in [1.54, 1.807) is 6.92 Å². The van der Waals surface area contributed by atoms with Gasteiger partial charge in [0.1, 0.15) is 0 Å². The second kappa shape index (κ2) is 9.14. The number of hydrogen-bond donors (Lipinski definition) is 1. The summed E-state index contributed by atoms with van der Waals surface area (Å²) in [5.74, 6) is 1.10. The van der Waals surface area contributed by atoms with Crippen LogP contribution in [0.3, 0.4) is 0 Å². The summed E-state index contributed by atoms with van der Waals surface area (Å²) < 4.78 is 10.7. The number of benzene rings is 1. The quantitative estimate of drug-likeness (QED) is 0.684. The Kier molecular flexibility index (Phi) is 6.82. The molecule has 0 saturated carbocycles. The molecular weight excluding hydrogens is 282 g/mol. The highest BCUT2D eigenvalue weighted by atomic mass is 16.5. The lowest BCUT2D eigenvalue weighted by atomic mass is 10.1. The van der Waals surface area contributed by atoms with E-state index in [1.165, 1.54) is 5.56 Å². The lowest BCUT2D eigenvalue weighted by Gasteiger charge is -2.06. The molecule has 0 fully saturated rings. The van der Waals surface area contributed by atoms with Crippen molar-refractivity contribution in [2.24, 2.45) is 5.73 Å². The summed E-state index contributed by atoms with van der Waals surface area (Å²) in [7, 11) is 0. The van der Waals surface area contributed by atoms with E-state index in [9.17, 15) is 0 Å². The average Bonchev–Trinajstić information content (AvgIpc) is 2.55. The fourth-order valence-electron chi connectivity index (χ4n) is 1.81. The Morgan fingerprint density at radius 1 is 0.864 bits per heavy atom. The van der Waals surface area contributed by atoms with Crippen molar-refractivity contribution in [1.29, 1.82) is 0 Å². The number of hydrogen-bond acceptors (Lipinski definition) is 7. The van der Waals surface area contributed by atoms with Crippen molar-refractivity contribution in [3.8, 4) is 11.4 Å². The summed E-state index contributed by atoms with van der Waals surface area (Å²) in [5, 5.41) is 15.8. The minimum Gasteiger partial charge on any atom is -0.379 e. The van der Waals surface area contributed by atoms with Crippen molar-refractivity contribution >= 4 is 0 Å². The first kappa shape index (κ1) is 16.4. The SMILES string of the molecule is Cc1nnc(-c2ccc(CCOCCOCCN)cc2)nn1. The van der Waals surface area contributed by atoms with Gasteiger partial charge in [0, 0.05) is 12.1 Å². The molecule has 0 aliphatic carbocycles. The Bertz CT molecular complexity index is 545. The number of nitrogens with zero attached hydrogens (tertiary/aromatic N) is 4. The summed E-state index contributed by atoms with van der Waals surface area (Å²) in [6, 6.07) is 8.00. The van der Waals surface area contributed by atoms with Crippen LogP contribution in [0.15, 0.2) is 24.3 Å². The topological polar surface area (TPSA) is 96.0 Å². The van der Waals surface area contributed by atoms with Crippen LogP contribution in [0.2, 0.25) is 0 Å². The van der Waals surface area contributed by atoms with Gasteiger partial charge in [0.25, 0.3) is 0 Å². The molecule has 0 radical (unpaired) electrons. The highest BCUT2D eigenvalue weighted by Gasteiger charge is 2.03. The van der Waals surface area contributed by atoms with E-state index in [2.05, 4.69) is 20.4 Å². The second-order valence-corrected chi connectivity index (χ2v) is 4.73. The Balaban J connectivity index is 1.74. The molecule has 0 aliphatic rings. The normalized spacial score (nSPS) is 10.8. The highest BCUT2D eigenvalue weighted by Crippen LogP contribution is 2.14. The first-order chi connectivity index (χ1) is 10.8. The largest absolute Gasteiger partial charge is 0.379 e. The third-order valence-corrected chi connectivity index (χ3v) is 2.96. The van der Waals surface area contributed by atoms with Crippen molar-refractivity contribution in [2.45, 2.75) is 13.3 Å². The molecule has 7 heteroatoms. The molecule has 2 aromatic rings. The van der Waals surface area contributed by atoms with Crippen LogP contribution in [-0.4, -0.2) is 53.4 Å². The van der Waals surface area contributed by atoms with Gasteiger partial charge < -0.3 is 15.2 Å². The molecule has 118 valence electrons. The maximum atomic E-state index is 5.50. The van der Waals surface area contributed by atoms with Gasteiger partial charge in [-0.3, -0.25) is 0 Å². The van der Waals surface area contributed by atoms with Crippen molar-refractivity contribution in [3.63, 3.8) is 0 Å². The Morgan fingerprint density at radius 2 is 1.50 bits per heavy atom. The molecule has 1 aromatic heterocycles. The van der Waals surface area contributed by atoms with Gasteiger partial charge in [0.15, 0.2) is 5.82 Å². The lowest BCUT2D eigenvalue weighted by molar-refractivity contribution is 0.0519. The average molecular weight is 303 g/mol. The number of aromatic nitrogens is 4. The molecule has 0 saturated heterocycles. The molecule has 0 aliphatic heterocycles. The van der Waals surface area contributed by atoms with Crippen LogP contribution in [0.5, 0.6) is 0 Å². The number of ether oxygens (including phenoxy) is 2. The van der Waals surface area contributed by atoms with E-state index in [1.807, 2.05) is 24.3 Å². The lowest BCUT2D eigenvalue weighted by Crippen LogP contribution is -2.12. The van der Waals surface area contributed by atoms with Gasteiger partial charge >= 0.3 is 0 Å². The molecule has 0 atom stereocenters. The third-order valence-electron chi connectivity index (χ3n) is 2.96. The summed E-state index contributed by atoms with van der Waals surface area (Å²) in [6.07, 6.45) is 0.850. The highest BCUT2D eigenvalue weighted by molar-refractivity contribution is 5.54. The van der Waals surface area contributed by atoms with Crippen molar-refractivity contribution in [2.75, 3.05) is 33.0 Å². The zero-order valence-electron chi connectivity index (χ0n) is 12.7. The molecule has 7 nitrogen and oxygen atoms in total. The smallest absolute Gasteiger partial charge is 0.203 e. The van der Waals surface area contributed by atoms with Crippen LogP contribution in [0.25, 0.3) is 11.4 Å². The minimum atomic E-state index is 0.533. The zero-order valence-corrected chi connectivity index (χ0v) is 12.7. The monoisotopic (exact) mass is 303 g/mol. The molecule has 0 bridgehead atoms. The Hall–Kier alpha value is -1.96. The summed E-state index contributed by atoms with van der Waals surface area (Å²) in [4.78, 5) is 0. The molecule has 0 amide bonds. The maximum Gasteiger partial charge on any atom is 0.203 e. The molecule has 2 rings (SSSR count). The first-order valence-corrected chi connectivity index (χ1v) is 7.28. The molecule has 22 heavy (non-hydrogen) atoms. The predicted octanol–water partition coefficient (Wildman–Crippen LogP) is 0.776. The van der Waals surface area contributed by atoms with Crippen LogP contribution in [-0.2, 0) is 15.9 Å². The van der Waals surface area contributed by atoms with E-state index in [0.717, 1.165) is 12.0 Å². The van der Waals surface area contributed by atoms with Gasteiger partial charge in [0.2, 0.25) is 5.82 Å². The molecule has 1 aromatic carbocycles. The fourth-order valence-corrected chi connectivity index (χ4v) is 1.81. The van der Waals surface area contributed by atoms with Crippen LogP contribution < -0.4 is 5.73 Å². The fraction of sp³-hybridized carbons (Fsp3) is 0.467.